The van der Waals surface area contributed by atoms with E-state index in [0.29, 0.717) is 11.3 Å². The van der Waals surface area contributed by atoms with Crippen molar-refractivity contribution in [2.24, 2.45) is 0 Å². The summed E-state index contributed by atoms with van der Waals surface area (Å²) < 4.78 is 5.15. The Morgan fingerprint density at radius 1 is 0.929 bits per heavy atom. The van der Waals surface area contributed by atoms with Gasteiger partial charge in [-0.15, -0.1) is 0 Å². The predicted octanol–water partition coefficient (Wildman–Crippen LogP) is 5.47. The minimum atomic E-state index is -0.175. The first-order chi connectivity index (χ1) is 13.6. The molecule has 0 aliphatic carbocycles. The Hall–Kier alpha value is -3.66. The number of methoxy groups -OCH3 is 1. The molecule has 28 heavy (non-hydrogen) atoms. The van der Waals surface area contributed by atoms with Gasteiger partial charge >= 0.3 is 0 Å². The maximum atomic E-state index is 12.7. The average molecular weight is 368 g/mol. The Morgan fingerprint density at radius 3 is 2.50 bits per heavy atom. The van der Waals surface area contributed by atoms with Gasteiger partial charge in [-0.1, -0.05) is 35.9 Å². The van der Waals surface area contributed by atoms with Crippen LogP contribution in [0.15, 0.2) is 78.9 Å². The number of ether oxygens (including phenoxy) is 1. The summed E-state index contributed by atoms with van der Waals surface area (Å²) in [5.74, 6) is 0.541. The van der Waals surface area contributed by atoms with Gasteiger partial charge in [0.25, 0.3) is 5.91 Å². The molecule has 0 aliphatic heterocycles. The lowest BCUT2D eigenvalue weighted by Gasteiger charge is -2.12. The highest BCUT2D eigenvalue weighted by molar-refractivity contribution is 6.06. The van der Waals surface area contributed by atoms with Crippen molar-refractivity contribution < 1.29 is 9.53 Å². The summed E-state index contributed by atoms with van der Waals surface area (Å²) in [6.45, 7) is 2.07. The van der Waals surface area contributed by atoms with Crippen molar-refractivity contribution >= 4 is 22.5 Å². The van der Waals surface area contributed by atoms with E-state index in [0.717, 1.165) is 27.8 Å². The van der Waals surface area contributed by atoms with Crippen LogP contribution < -0.4 is 10.1 Å². The van der Waals surface area contributed by atoms with Crippen molar-refractivity contribution in [3.8, 4) is 17.0 Å². The summed E-state index contributed by atoms with van der Waals surface area (Å²) >= 11 is 0. The first kappa shape index (κ1) is 17.7. The second-order valence-corrected chi connectivity index (χ2v) is 6.62. The number of carbonyl (C=O) groups is 1. The lowest BCUT2D eigenvalue weighted by molar-refractivity contribution is 0.102. The third-order valence-corrected chi connectivity index (χ3v) is 4.65. The van der Waals surface area contributed by atoms with Crippen molar-refractivity contribution in [1.29, 1.82) is 0 Å². The Kier molecular flexibility index (Phi) is 4.77. The molecule has 4 aromatic rings. The molecule has 0 fully saturated rings. The summed E-state index contributed by atoms with van der Waals surface area (Å²) in [6.07, 6.45) is 0. The summed E-state index contributed by atoms with van der Waals surface area (Å²) in [5.41, 5.74) is 5.13. The third kappa shape index (κ3) is 3.58. The highest BCUT2D eigenvalue weighted by Crippen LogP contribution is 2.28. The molecule has 0 atom stereocenters. The number of para-hydroxylation sites is 1. The van der Waals surface area contributed by atoms with Gasteiger partial charge in [-0.3, -0.25) is 4.79 Å². The fourth-order valence-electron chi connectivity index (χ4n) is 3.15. The molecule has 1 N–H and O–H groups in total. The van der Waals surface area contributed by atoms with Gasteiger partial charge in [-0.25, -0.2) is 4.98 Å². The zero-order chi connectivity index (χ0) is 19.5. The monoisotopic (exact) mass is 368 g/mol. The van der Waals surface area contributed by atoms with Crippen molar-refractivity contribution in [3.05, 3.63) is 90.0 Å². The van der Waals surface area contributed by atoms with E-state index in [-0.39, 0.29) is 5.91 Å². The maximum absolute atomic E-state index is 12.7. The van der Waals surface area contributed by atoms with E-state index in [1.165, 1.54) is 5.56 Å². The van der Waals surface area contributed by atoms with Crippen molar-refractivity contribution in [2.45, 2.75) is 6.92 Å². The lowest BCUT2D eigenvalue weighted by atomic mass is 10.1. The quantitative estimate of drug-likeness (QED) is 0.519. The number of rotatable bonds is 4. The molecule has 0 spiro atoms. The van der Waals surface area contributed by atoms with Gasteiger partial charge in [0.2, 0.25) is 0 Å². The van der Waals surface area contributed by atoms with Crippen LogP contribution in [0.1, 0.15) is 15.9 Å². The molecule has 1 aromatic heterocycles. The number of nitrogens with zero attached hydrogens (tertiary/aromatic N) is 1. The summed E-state index contributed by atoms with van der Waals surface area (Å²) in [6, 6.07) is 25.0. The van der Waals surface area contributed by atoms with Gasteiger partial charge in [0.05, 0.1) is 24.0 Å². The number of anilines is 1. The van der Waals surface area contributed by atoms with Crippen LogP contribution in [0.25, 0.3) is 22.2 Å². The van der Waals surface area contributed by atoms with Gasteiger partial charge in [-0.05, 0) is 55.5 Å². The summed E-state index contributed by atoms with van der Waals surface area (Å²) in [5, 5.41) is 4.10. The number of benzene rings is 3. The summed E-state index contributed by atoms with van der Waals surface area (Å²) in [4.78, 5) is 17.5. The Balaban J connectivity index is 1.66. The molecule has 0 radical (unpaired) electrons. The van der Waals surface area contributed by atoms with Crippen LogP contribution in [0, 0.1) is 6.92 Å². The molecule has 0 saturated heterocycles. The van der Waals surface area contributed by atoms with Crippen LogP contribution in [0.4, 0.5) is 5.69 Å². The molecule has 4 heteroatoms. The molecule has 0 aliphatic rings. The molecule has 0 bridgehead atoms. The zero-order valence-electron chi connectivity index (χ0n) is 15.8. The Labute approximate surface area is 163 Å². The molecule has 1 heterocycles. The number of aromatic nitrogens is 1. The van der Waals surface area contributed by atoms with Crippen LogP contribution in [0.2, 0.25) is 0 Å². The molecular weight excluding hydrogens is 348 g/mol. The first-order valence-corrected chi connectivity index (χ1v) is 9.06. The van der Waals surface area contributed by atoms with Crippen LogP contribution in [0.3, 0.4) is 0 Å². The van der Waals surface area contributed by atoms with E-state index in [2.05, 4.69) is 30.4 Å². The SMILES string of the molecule is COc1ccc(C(=O)Nc2ccccc2-c2ccc3cc(C)ccc3n2)cc1. The van der Waals surface area contributed by atoms with Crippen LogP contribution in [-0.4, -0.2) is 18.0 Å². The fraction of sp³-hybridized carbons (Fsp3) is 0.0833. The zero-order valence-corrected chi connectivity index (χ0v) is 15.8. The number of amides is 1. The maximum Gasteiger partial charge on any atom is 0.255 e. The number of hydrogen-bond donors (Lipinski definition) is 1. The van der Waals surface area contributed by atoms with Gasteiger partial charge < -0.3 is 10.1 Å². The molecule has 4 rings (SSSR count). The Morgan fingerprint density at radius 2 is 1.71 bits per heavy atom. The standard InChI is InChI=1S/C24H20N2O2/c1-16-7-13-21-18(15-16)10-14-23(25-21)20-5-3-4-6-22(20)26-24(27)17-8-11-19(28-2)12-9-17/h3-15H,1-2H3,(H,26,27). The second-order valence-electron chi connectivity index (χ2n) is 6.62. The van der Waals surface area contributed by atoms with Crippen molar-refractivity contribution in [1.82, 2.24) is 4.98 Å². The van der Waals surface area contributed by atoms with Crippen molar-refractivity contribution in [3.63, 3.8) is 0 Å². The molecule has 138 valence electrons. The number of pyridine rings is 1. The number of carbonyl (C=O) groups excluding carboxylic acids is 1. The van der Waals surface area contributed by atoms with E-state index >= 15 is 0 Å². The number of hydrogen-bond acceptors (Lipinski definition) is 3. The van der Waals surface area contributed by atoms with Gasteiger partial charge in [0.15, 0.2) is 0 Å². The topological polar surface area (TPSA) is 51.2 Å². The minimum Gasteiger partial charge on any atom is -0.497 e. The second kappa shape index (κ2) is 7.53. The fourth-order valence-corrected chi connectivity index (χ4v) is 3.15. The summed E-state index contributed by atoms with van der Waals surface area (Å²) in [7, 11) is 1.60. The molecule has 1 amide bonds. The van der Waals surface area contributed by atoms with Crippen molar-refractivity contribution in [2.75, 3.05) is 12.4 Å². The highest BCUT2D eigenvalue weighted by Gasteiger charge is 2.11. The van der Waals surface area contributed by atoms with Gasteiger partial charge in [-0.2, -0.15) is 0 Å². The van der Waals surface area contributed by atoms with Crippen LogP contribution in [-0.2, 0) is 0 Å². The molecular formula is C24H20N2O2. The van der Waals surface area contributed by atoms with E-state index in [1.807, 2.05) is 36.4 Å². The smallest absolute Gasteiger partial charge is 0.255 e. The van der Waals surface area contributed by atoms with E-state index in [4.69, 9.17) is 9.72 Å². The Bertz CT molecular complexity index is 1150. The minimum absolute atomic E-state index is 0.175. The lowest BCUT2D eigenvalue weighted by Crippen LogP contribution is -2.12. The largest absolute Gasteiger partial charge is 0.497 e. The highest BCUT2D eigenvalue weighted by atomic mass is 16.5. The number of aryl methyl sites for hydroxylation is 1. The van der Waals surface area contributed by atoms with Gasteiger partial charge in [0, 0.05) is 16.5 Å². The molecule has 4 nitrogen and oxygen atoms in total. The first-order valence-electron chi connectivity index (χ1n) is 9.06. The number of fused-ring (bicyclic) bond motifs is 1. The van der Waals surface area contributed by atoms with Gasteiger partial charge in [0.1, 0.15) is 5.75 Å². The van der Waals surface area contributed by atoms with E-state index < -0.39 is 0 Å². The third-order valence-electron chi connectivity index (χ3n) is 4.65. The van der Waals surface area contributed by atoms with Crippen LogP contribution >= 0.6 is 0 Å². The van der Waals surface area contributed by atoms with E-state index in [9.17, 15) is 4.79 Å². The molecule has 0 unspecified atom stereocenters. The predicted molar refractivity (Wildman–Crippen MR) is 113 cm³/mol. The van der Waals surface area contributed by atoms with Crippen LogP contribution in [0.5, 0.6) is 5.75 Å². The molecule has 0 saturated carbocycles. The average Bonchev–Trinajstić information content (AvgIpc) is 2.74. The normalized spacial score (nSPS) is 10.6. The molecule has 3 aromatic carbocycles. The number of nitrogens with one attached hydrogen (secondary N) is 1. The van der Waals surface area contributed by atoms with E-state index in [1.54, 1.807) is 31.4 Å².